The number of nitrogens with zero attached hydrogens (tertiary/aromatic N) is 1. The molecule has 198 valence electrons. The van der Waals surface area contributed by atoms with Crippen LogP contribution in [0.25, 0.3) is 0 Å². The number of amides is 2. The van der Waals surface area contributed by atoms with Crippen molar-refractivity contribution in [2.45, 2.75) is 77.2 Å². The molecule has 1 fully saturated rings. The second-order valence-corrected chi connectivity index (χ2v) is 10.2. The number of nitrogens with one attached hydrogen (secondary N) is 1. The normalized spacial score (nSPS) is 16.1. The van der Waals surface area contributed by atoms with Gasteiger partial charge in [0.05, 0.1) is 6.04 Å². The summed E-state index contributed by atoms with van der Waals surface area (Å²) in [6.07, 6.45) is 0.707. The van der Waals surface area contributed by atoms with Crippen molar-refractivity contribution in [2.75, 3.05) is 6.54 Å². The van der Waals surface area contributed by atoms with Crippen LogP contribution in [0.3, 0.4) is 0 Å². The molecule has 8 nitrogen and oxygen atoms in total. The zero-order chi connectivity index (χ0) is 26.8. The molecule has 2 aromatic rings. The molecule has 1 saturated heterocycles. The summed E-state index contributed by atoms with van der Waals surface area (Å²) in [5.41, 5.74) is 1.06. The standard InChI is InChI=1S/C29H36N2O6/c1-29(2,3)37-27(34)24-15-10-18-31(24)26(33)17-16-25(32)23(19-21-11-6-4-7-12-21)30-28(35)36-20-22-13-8-5-9-14-22/h4-9,11-14,23-24H,10,15-20H2,1-3H3,(H,30,35)/t23?,24-/m0/s1. The molecule has 1 unspecified atom stereocenters. The number of esters is 1. The second kappa shape index (κ2) is 13.0. The van der Waals surface area contributed by atoms with E-state index in [0.29, 0.717) is 19.4 Å². The van der Waals surface area contributed by atoms with E-state index in [0.717, 1.165) is 11.1 Å². The molecular weight excluding hydrogens is 472 g/mol. The lowest BCUT2D eigenvalue weighted by molar-refractivity contribution is -0.163. The first-order valence-electron chi connectivity index (χ1n) is 12.7. The summed E-state index contributed by atoms with van der Waals surface area (Å²) in [5.74, 6) is -0.969. The number of ketones is 1. The molecule has 0 radical (unpaired) electrons. The van der Waals surface area contributed by atoms with Crippen molar-refractivity contribution in [3.8, 4) is 0 Å². The smallest absolute Gasteiger partial charge is 0.408 e. The Morgan fingerprint density at radius 3 is 2.19 bits per heavy atom. The molecule has 0 saturated carbocycles. The number of rotatable bonds is 10. The van der Waals surface area contributed by atoms with E-state index in [1.165, 1.54) is 4.90 Å². The fourth-order valence-corrected chi connectivity index (χ4v) is 4.23. The Morgan fingerprint density at radius 2 is 1.57 bits per heavy atom. The molecule has 37 heavy (non-hydrogen) atoms. The van der Waals surface area contributed by atoms with Crippen LogP contribution in [0.15, 0.2) is 60.7 Å². The Morgan fingerprint density at radius 1 is 0.946 bits per heavy atom. The summed E-state index contributed by atoms with van der Waals surface area (Å²) in [4.78, 5) is 52.7. The molecular formula is C29H36N2O6. The van der Waals surface area contributed by atoms with Crippen LogP contribution in [0.5, 0.6) is 0 Å². The highest BCUT2D eigenvalue weighted by Gasteiger charge is 2.37. The van der Waals surface area contributed by atoms with Crippen LogP contribution in [-0.2, 0) is 36.9 Å². The van der Waals surface area contributed by atoms with Gasteiger partial charge in [-0.25, -0.2) is 9.59 Å². The predicted molar refractivity (Wildman–Crippen MR) is 139 cm³/mol. The Bertz CT molecular complexity index is 1060. The molecule has 8 heteroatoms. The van der Waals surface area contributed by atoms with Crippen LogP contribution < -0.4 is 5.32 Å². The van der Waals surface area contributed by atoms with Gasteiger partial charge in [-0.05, 0) is 51.2 Å². The third kappa shape index (κ3) is 9.04. The third-order valence-corrected chi connectivity index (χ3v) is 6.01. The van der Waals surface area contributed by atoms with Crippen molar-refractivity contribution in [1.29, 1.82) is 0 Å². The predicted octanol–water partition coefficient (Wildman–Crippen LogP) is 4.21. The number of carbonyl (C=O) groups excluding carboxylic acids is 4. The van der Waals surface area contributed by atoms with Gasteiger partial charge in [0.15, 0.2) is 5.78 Å². The first-order valence-corrected chi connectivity index (χ1v) is 12.7. The first kappa shape index (κ1) is 27.9. The van der Waals surface area contributed by atoms with Gasteiger partial charge in [-0.1, -0.05) is 60.7 Å². The SMILES string of the molecule is CC(C)(C)OC(=O)[C@@H]1CCCN1C(=O)CCC(=O)C(Cc1ccccc1)NC(=O)OCc1ccccc1. The zero-order valence-corrected chi connectivity index (χ0v) is 21.8. The summed E-state index contributed by atoms with van der Waals surface area (Å²) in [5, 5.41) is 2.67. The molecule has 1 aliphatic rings. The number of hydrogen-bond donors (Lipinski definition) is 1. The van der Waals surface area contributed by atoms with E-state index >= 15 is 0 Å². The van der Waals surface area contributed by atoms with Gasteiger partial charge in [0, 0.05) is 19.4 Å². The molecule has 0 spiro atoms. The van der Waals surface area contributed by atoms with Gasteiger partial charge in [0.2, 0.25) is 5.91 Å². The van der Waals surface area contributed by atoms with Crippen molar-refractivity contribution >= 4 is 23.8 Å². The molecule has 2 atom stereocenters. The van der Waals surface area contributed by atoms with Gasteiger partial charge in [0.25, 0.3) is 0 Å². The van der Waals surface area contributed by atoms with E-state index in [2.05, 4.69) is 5.32 Å². The average molecular weight is 509 g/mol. The van der Waals surface area contributed by atoms with E-state index in [4.69, 9.17) is 9.47 Å². The summed E-state index contributed by atoms with van der Waals surface area (Å²) in [7, 11) is 0. The first-order chi connectivity index (χ1) is 17.6. The van der Waals surface area contributed by atoms with E-state index in [1.807, 2.05) is 60.7 Å². The monoisotopic (exact) mass is 508 g/mol. The zero-order valence-electron chi connectivity index (χ0n) is 21.8. The third-order valence-electron chi connectivity index (χ3n) is 6.01. The number of hydrogen-bond acceptors (Lipinski definition) is 6. The number of alkyl carbamates (subject to hydrolysis) is 1. The molecule has 1 N–H and O–H groups in total. The van der Waals surface area contributed by atoms with Crippen LogP contribution in [0.1, 0.15) is 57.6 Å². The minimum Gasteiger partial charge on any atom is -0.458 e. The Hall–Kier alpha value is -3.68. The van der Waals surface area contributed by atoms with E-state index < -0.39 is 29.7 Å². The van der Waals surface area contributed by atoms with Crippen LogP contribution >= 0.6 is 0 Å². The van der Waals surface area contributed by atoms with Crippen molar-refractivity contribution in [1.82, 2.24) is 10.2 Å². The number of benzene rings is 2. The molecule has 0 aromatic heterocycles. The Labute approximate surface area is 218 Å². The largest absolute Gasteiger partial charge is 0.458 e. The number of carbonyl (C=O) groups is 4. The lowest BCUT2D eigenvalue weighted by atomic mass is 9.99. The number of Topliss-reactive ketones (excluding diaryl/α,β-unsaturated/α-hetero) is 1. The van der Waals surface area contributed by atoms with Gasteiger partial charge in [-0.2, -0.15) is 0 Å². The van der Waals surface area contributed by atoms with E-state index in [-0.39, 0.29) is 37.6 Å². The summed E-state index contributed by atoms with van der Waals surface area (Å²) >= 11 is 0. The Balaban J connectivity index is 1.59. The average Bonchev–Trinajstić information content (AvgIpc) is 3.36. The van der Waals surface area contributed by atoms with Crippen LogP contribution in [0.4, 0.5) is 4.79 Å². The minimum atomic E-state index is -0.848. The fraction of sp³-hybridized carbons (Fsp3) is 0.448. The molecule has 2 aromatic carbocycles. The molecule has 1 heterocycles. The van der Waals surface area contributed by atoms with Gasteiger partial charge in [-0.3, -0.25) is 9.59 Å². The fourth-order valence-electron chi connectivity index (χ4n) is 4.23. The van der Waals surface area contributed by atoms with Crippen LogP contribution in [0, 0.1) is 0 Å². The summed E-state index contributed by atoms with van der Waals surface area (Å²) in [6, 6.07) is 17.1. The highest BCUT2D eigenvalue weighted by Crippen LogP contribution is 2.22. The highest BCUT2D eigenvalue weighted by atomic mass is 16.6. The quantitative estimate of drug-likeness (QED) is 0.483. The minimum absolute atomic E-state index is 0.0514. The van der Waals surface area contributed by atoms with Crippen molar-refractivity contribution in [3.63, 3.8) is 0 Å². The topological polar surface area (TPSA) is 102 Å². The number of ether oxygens (including phenoxy) is 2. The molecule has 0 bridgehead atoms. The van der Waals surface area contributed by atoms with Gasteiger partial charge >= 0.3 is 12.1 Å². The van der Waals surface area contributed by atoms with Crippen molar-refractivity contribution in [3.05, 3.63) is 71.8 Å². The lowest BCUT2D eigenvalue weighted by Crippen LogP contribution is -2.45. The van der Waals surface area contributed by atoms with Crippen molar-refractivity contribution in [2.24, 2.45) is 0 Å². The van der Waals surface area contributed by atoms with Gasteiger partial charge in [-0.15, -0.1) is 0 Å². The maximum absolute atomic E-state index is 13.1. The summed E-state index contributed by atoms with van der Waals surface area (Å²) < 4.78 is 10.8. The molecule has 1 aliphatic heterocycles. The van der Waals surface area contributed by atoms with Crippen LogP contribution in [0.2, 0.25) is 0 Å². The van der Waals surface area contributed by atoms with E-state index in [9.17, 15) is 19.2 Å². The highest BCUT2D eigenvalue weighted by molar-refractivity contribution is 5.92. The summed E-state index contributed by atoms with van der Waals surface area (Å²) in [6.45, 7) is 5.90. The van der Waals surface area contributed by atoms with Crippen molar-refractivity contribution < 1.29 is 28.7 Å². The molecule has 3 rings (SSSR count). The van der Waals surface area contributed by atoms with Crippen LogP contribution in [-0.4, -0.2) is 52.9 Å². The Kier molecular flexibility index (Phi) is 9.83. The second-order valence-electron chi connectivity index (χ2n) is 10.2. The van der Waals surface area contributed by atoms with Gasteiger partial charge in [0.1, 0.15) is 18.2 Å². The molecule has 2 amide bonds. The maximum Gasteiger partial charge on any atom is 0.408 e. The number of likely N-dealkylation sites (tertiary alicyclic amines) is 1. The van der Waals surface area contributed by atoms with E-state index in [1.54, 1.807) is 20.8 Å². The molecule has 0 aliphatic carbocycles. The maximum atomic E-state index is 13.1. The lowest BCUT2D eigenvalue weighted by Gasteiger charge is -2.27. The van der Waals surface area contributed by atoms with Gasteiger partial charge < -0.3 is 19.7 Å².